The monoisotopic (exact) mass is 952 g/mol. The van der Waals surface area contributed by atoms with Crippen molar-refractivity contribution in [2.24, 2.45) is 10.9 Å². The molecule has 0 spiro atoms. The molecule has 74 heavy (non-hydrogen) atoms. The van der Waals surface area contributed by atoms with Crippen LogP contribution in [0.5, 0.6) is 0 Å². The van der Waals surface area contributed by atoms with Crippen LogP contribution in [-0.2, 0) is 0 Å². The van der Waals surface area contributed by atoms with E-state index in [0.29, 0.717) is 11.8 Å². The Hall–Kier alpha value is -9.52. The summed E-state index contributed by atoms with van der Waals surface area (Å²) in [5, 5.41) is 11.3. The van der Waals surface area contributed by atoms with Crippen LogP contribution in [0.1, 0.15) is 34.6 Å². The summed E-state index contributed by atoms with van der Waals surface area (Å²) in [4.78, 5) is 9.84. The molecule has 0 saturated heterocycles. The Morgan fingerprint density at radius 2 is 1.05 bits per heavy atom. The number of benzene rings is 9. The van der Waals surface area contributed by atoms with Crippen molar-refractivity contribution in [3.05, 3.63) is 307 Å². The molecule has 6 heteroatoms. The molecule has 0 fully saturated rings. The van der Waals surface area contributed by atoms with Gasteiger partial charge in [-0.1, -0.05) is 194 Å². The van der Waals surface area contributed by atoms with Gasteiger partial charge in [-0.15, -0.1) is 0 Å². The fourth-order valence-electron chi connectivity index (χ4n) is 11.2. The van der Waals surface area contributed by atoms with Crippen LogP contribution >= 0.6 is 0 Å². The zero-order chi connectivity index (χ0) is 49.4. The van der Waals surface area contributed by atoms with Crippen LogP contribution in [0.4, 0.5) is 22.7 Å². The Labute approximate surface area is 432 Å². The number of aliphatic imine (C=N–C) groups is 1. The Morgan fingerprint density at radius 3 is 1.69 bits per heavy atom. The number of nitrogens with one attached hydrogen (secondary N) is 2. The molecule has 3 atom stereocenters. The minimum absolute atomic E-state index is 0.113. The highest BCUT2D eigenvalue weighted by molar-refractivity contribution is 6.16. The van der Waals surface area contributed by atoms with Crippen molar-refractivity contribution in [3.8, 4) is 11.1 Å². The minimum atomic E-state index is 0.113. The van der Waals surface area contributed by atoms with E-state index in [2.05, 4.69) is 232 Å². The van der Waals surface area contributed by atoms with Crippen molar-refractivity contribution in [2.75, 3.05) is 15.2 Å². The van der Waals surface area contributed by atoms with Gasteiger partial charge in [0.25, 0.3) is 0 Å². The summed E-state index contributed by atoms with van der Waals surface area (Å²) < 4.78 is 2.14. The number of nitrogens with zero attached hydrogens (tertiary/aromatic N) is 4. The second kappa shape index (κ2) is 19.2. The first-order chi connectivity index (χ1) is 36.6. The molecule has 0 bridgehead atoms. The molecule has 10 aromatic rings. The molecule has 2 aliphatic carbocycles. The maximum atomic E-state index is 9.07. The van der Waals surface area contributed by atoms with Crippen LogP contribution < -0.4 is 15.2 Å². The lowest BCUT2D eigenvalue weighted by molar-refractivity contribution is 0.646. The third-order valence-corrected chi connectivity index (χ3v) is 14.8. The van der Waals surface area contributed by atoms with Gasteiger partial charge in [0.15, 0.2) is 11.7 Å². The third-order valence-electron chi connectivity index (χ3n) is 14.8. The lowest BCUT2D eigenvalue weighted by atomic mass is 9.79. The highest BCUT2D eigenvalue weighted by Gasteiger charge is 2.41. The smallest absolute Gasteiger partial charge is 0.154 e. The van der Waals surface area contributed by atoms with Gasteiger partial charge in [0.05, 0.1) is 17.1 Å². The van der Waals surface area contributed by atoms with Gasteiger partial charge < -0.3 is 9.80 Å². The van der Waals surface area contributed by atoms with Crippen LogP contribution in [0.2, 0.25) is 0 Å². The van der Waals surface area contributed by atoms with E-state index in [1.54, 1.807) is 0 Å². The lowest BCUT2D eigenvalue weighted by Gasteiger charge is -2.32. The molecule has 0 radical (unpaired) electrons. The summed E-state index contributed by atoms with van der Waals surface area (Å²) in [6, 6.07) is 85.4. The van der Waals surface area contributed by atoms with Crippen molar-refractivity contribution < 1.29 is 0 Å². The predicted octanol–water partition coefficient (Wildman–Crippen LogP) is 16.4. The largest absolute Gasteiger partial charge is 0.334 e. The number of hydrogen-bond acceptors (Lipinski definition) is 3. The van der Waals surface area contributed by atoms with Gasteiger partial charge in [-0.3, -0.25) is 15.5 Å². The van der Waals surface area contributed by atoms with Crippen molar-refractivity contribution in [1.82, 2.24) is 4.68 Å². The molecule has 3 unspecified atom stereocenters. The zero-order valence-electron chi connectivity index (χ0n) is 40.7. The zero-order valence-corrected chi connectivity index (χ0v) is 40.7. The standard InChI is InChI=1S/C68H52N6/c69-67(49-23-11-3-12-24-49)70-68(50-25-13-4-14-26-50)71-74-65-41-33-52(48-21-9-2-10-22-48)44-61(65)62-46-54(34-42-66(62)74)53-32-40-64-60(45-53)59-43-51(47-19-7-1-8-20-47)31-39-63(59)73(64)58-37-35-57(36-38-58)72(55-27-15-5-16-28-55)56-29-17-6-18-30-56/h1-42,44-46,51,60,64H,43H2,(H2,69,70,71). The molecule has 0 saturated carbocycles. The average molecular weight is 953 g/mol. The van der Waals surface area contributed by atoms with Crippen molar-refractivity contribution >= 4 is 61.8 Å². The number of allylic oxidation sites excluding steroid dienone is 4. The number of para-hydroxylation sites is 2. The predicted molar refractivity (Wildman–Crippen MR) is 308 cm³/mol. The molecule has 3 aliphatic rings. The van der Waals surface area contributed by atoms with Crippen LogP contribution in [-0.4, -0.2) is 22.4 Å². The minimum Gasteiger partial charge on any atom is -0.334 e. The maximum absolute atomic E-state index is 9.07. The first kappa shape index (κ1) is 44.4. The van der Waals surface area contributed by atoms with Gasteiger partial charge in [-0.25, -0.2) is 4.99 Å². The molecule has 2 N–H and O–H groups in total. The van der Waals surface area contributed by atoms with E-state index in [9.17, 15) is 0 Å². The summed E-state index contributed by atoms with van der Waals surface area (Å²) in [5.41, 5.74) is 20.7. The topological polar surface area (TPSA) is 59.7 Å². The second-order valence-corrected chi connectivity index (χ2v) is 19.2. The van der Waals surface area contributed by atoms with Crippen molar-refractivity contribution in [3.63, 3.8) is 0 Å². The molecule has 6 nitrogen and oxygen atoms in total. The van der Waals surface area contributed by atoms with Crippen LogP contribution in [0.15, 0.2) is 289 Å². The van der Waals surface area contributed by atoms with Gasteiger partial charge in [0, 0.05) is 62.2 Å². The molecular weight excluding hydrogens is 901 g/mol. The number of aromatic nitrogens is 1. The Bertz CT molecular complexity index is 3800. The normalized spacial score (nSPS) is 17.0. The van der Waals surface area contributed by atoms with E-state index >= 15 is 0 Å². The number of anilines is 4. The third kappa shape index (κ3) is 8.32. The van der Waals surface area contributed by atoms with E-state index in [-0.39, 0.29) is 17.8 Å². The molecule has 9 aromatic carbocycles. The van der Waals surface area contributed by atoms with E-state index in [1.165, 1.54) is 28.1 Å². The number of hydrogen-bond donors (Lipinski definition) is 2. The van der Waals surface area contributed by atoms with E-state index in [4.69, 9.17) is 10.4 Å². The summed E-state index contributed by atoms with van der Waals surface area (Å²) in [5.74, 6) is 1.23. The van der Waals surface area contributed by atoms with Gasteiger partial charge in [0.2, 0.25) is 0 Å². The van der Waals surface area contributed by atoms with Crippen LogP contribution in [0.3, 0.4) is 0 Å². The average Bonchev–Trinajstić information content (AvgIpc) is 3.97. The Kier molecular flexibility index (Phi) is 11.6. The summed E-state index contributed by atoms with van der Waals surface area (Å²) >= 11 is 0. The Balaban J connectivity index is 0.899. The summed E-state index contributed by atoms with van der Waals surface area (Å²) in [6.07, 6.45) is 13.1. The molecule has 13 rings (SSSR count). The molecule has 2 heterocycles. The van der Waals surface area contributed by atoms with Gasteiger partial charge in [0.1, 0.15) is 0 Å². The quantitative estimate of drug-likeness (QED) is 0.106. The van der Waals surface area contributed by atoms with Gasteiger partial charge >= 0.3 is 0 Å². The number of rotatable bonds is 10. The molecule has 1 aromatic heterocycles. The Morgan fingerprint density at radius 1 is 0.514 bits per heavy atom. The molecular formula is C68H52N6. The first-order valence-electron chi connectivity index (χ1n) is 25.5. The van der Waals surface area contributed by atoms with Crippen molar-refractivity contribution in [2.45, 2.75) is 18.4 Å². The lowest BCUT2D eigenvalue weighted by Crippen LogP contribution is -2.32. The second-order valence-electron chi connectivity index (χ2n) is 19.2. The fraction of sp³-hybridized carbons (Fsp3) is 0.0588. The van der Waals surface area contributed by atoms with Crippen molar-refractivity contribution in [1.29, 1.82) is 5.41 Å². The van der Waals surface area contributed by atoms with Gasteiger partial charge in [-0.05, 0) is 119 Å². The fourth-order valence-corrected chi connectivity index (χ4v) is 11.2. The summed E-state index contributed by atoms with van der Waals surface area (Å²) in [6.45, 7) is 0. The van der Waals surface area contributed by atoms with Crippen LogP contribution in [0.25, 0.3) is 38.5 Å². The molecule has 354 valence electrons. The SMILES string of the molecule is N=C(N=C(Nn1c2ccc(C3=CC4C5=C(C=CC(c6ccccc6)C5)N(c5ccc(N(c6ccccc6)c6ccccc6)cc5)C4C=C3)cc2c2cc(-c3ccccc3)ccc21)c1ccccc1)c1ccccc1. The van der Waals surface area contributed by atoms with Crippen LogP contribution in [0, 0.1) is 11.3 Å². The highest BCUT2D eigenvalue weighted by atomic mass is 15.4. The number of amidine groups is 2. The molecule has 0 amide bonds. The first-order valence-corrected chi connectivity index (χ1v) is 25.5. The maximum Gasteiger partial charge on any atom is 0.154 e. The summed E-state index contributed by atoms with van der Waals surface area (Å²) in [7, 11) is 0. The van der Waals surface area contributed by atoms with E-state index in [1.807, 2.05) is 60.7 Å². The highest BCUT2D eigenvalue weighted by Crippen LogP contribution is 2.50. The number of fused-ring (bicyclic) bond motifs is 5. The molecule has 1 aliphatic heterocycles. The van der Waals surface area contributed by atoms with Gasteiger partial charge in [-0.2, -0.15) is 0 Å². The van der Waals surface area contributed by atoms with E-state index < -0.39 is 0 Å². The van der Waals surface area contributed by atoms with E-state index in [0.717, 1.165) is 73.1 Å².